The molecule has 0 unspecified atom stereocenters. The standard InChI is InChI=1S/C4H10Cl2S2Si/c1-3-7-9(5,6)8-4-2/h3-4H2,1-2H3. The lowest BCUT2D eigenvalue weighted by Crippen LogP contribution is -2.08. The Kier molecular flexibility index (Phi) is 6.05. The molecule has 56 valence electrons. The number of rotatable bonds is 4. The molecule has 0 fully saturated rings. The molecule has 0 aromatic heterocycles. The van der Waals surface area contributed by atoms with Crippen molar-refractivity contribution in [2.45, 2.75) is 13.8 Å². The Morgan fingerprint density at radius 2 is 1.44 bits per heavy atom. The van der Waals surface area contributed by atoms with E-state index in [0.29, 0.717) is 0 Å². The molecule has 0 radical (unpaired) electrons. The maximum atomic E-state index is 5.97. The van der Waals surface area contributed by atoms with Crippen LogP contribution in [0.2, 0.25) is 0 Å². The average molecular weight is 221 g/mol. The predicted molar refractivity (Wildman–Crippen MR) is 53.7 cm³/mol. The molecule has 0 saturated carbocycles. The van der Waals surface area contributed by atoms with Gasteiger partial charge < -0.3 is 0 Å². The van der Waals surface area contributed by atoms with Crippen LogP contribution in [0.4, 0.5) is 0 Å². The highest BCUT2D eigenvalue weighted by atomic mass is 35.7. The zero-order valence-corrected chi connectivity index (χ0v) is 9.63. The Balaban J connectivity index is 3.43. The second-order valence-electron chi connectivity index (χ2n) is 1.33. The highest BCUT2D eigenvalue weighted by molar-refractivity contribution is 8.67. The van der Waals surface area contributed by atoms with Crippen molar-refractivity contribution < 1.29 is 0 Å². The SMILES string of the molecule is CCS[Si](Cl)(Cl)SCC. The monoisotopic (exact) mass is 220 g/mol. The zero-order valence-electron chi connectivity index (χ0n) is 5.49. The first-order chi connectivity index (χ1) is 4.12. The van der Waals surface area contributed by atoms with Crippen molar-refractivity contribution in [1.29, 1.82) is 0 Å². The van der Waals surface area contributed by atoms with E-state index >= 15 is 0 Å². The normalized spacial score (nSPS) is 12.0. The lowest BCUT2D eigenvalue weighted by Gasteiger charge is -2.11. The second kappa shape index (κ2) is 5.19. The molecule has 0 atom stereocenters. The van der Waals surface area contributed by atoms with Crippen LogP contribution in [0.3, 0.4) is 0 Å². The zero-order chi connectivity index (χ0) is 7.33. The first-order valence-electron chi connectivity index (χ1n) is 2.78. The topological polar surface area (TPSA) is 0 Å². The van der Waals surface area contributed by atoms with E-state index in [1.165, 1.54) is 0 Å². The fourth-order valence-electron chi connectivity index (χ4n) is 0.378. The summed E-state index contributed by atoms with van der Waals surface area (Å²) < 4.78 is 0. The third-order valence-corrected chi connectivity index (χ3v) is 11.7. The van der Waals surface area contributed by atoms with Crippen LogP contribution in [-0.4, -0.2) is 16.5 Å². The Morgan fingerprint density at radius 1 is 1.11 bits per heavy atom. The van der Waals surface area contributed by atoms with E-state index in [2.05, 4.69) is 13.8 Å². The molecule has 0 saturated heterocycles. The van der Waals surface area contributed by atoms with Gasteiger partial charge in [0.2, 0.25) is 0 Å². The molecule has 0 spiro atoms. The summed E-state index contributed by atoms with van der Waals surface area (Å²) in [6.07, 6.45) is 0. The molecule has 0 amide bonds. The van der Waals surface area contributed by atoms with Gasteiger partial charge in [-0.2, -0.15) is 0 Å². The molecule has 0 aliphatic rings. The summed E-state index contributed by atoms with van der Waals surface area (Å²) in [5, 5.41) is 0. The van der Waals surface area contributed by atoms with E-state index in [0.717, 1.165) is 11.5 Å². The van der Waals surface area contributed by atoms with Crippen LogP contribution in [-0.2, 0) is 0 Å². The van der Waals surface area contributed by atoms with Crippen LogP contribution >= 0.6 is 44.6 Å². The van der Waals surface area contributed by atoms with Crippen LogP contribution < -0.4 is 0 Å². The van der Waals surface area contributed by atoms with Gasteiger partial charge in [-0.15, -0.1) is 44.6 Å². The molecule has 5 heteroatoms. The summed E-state index contributed by atoms with van der Waals surface area (Å²) in [6.45, 7) is 4.15. The van der Waals surface area contributed by atoms with E-state index in [1.54, 1.807) is 22.4 Å². The average Bonchev–Trinajstić information content (AvgIpc) is 1.64. The molecule has 0 aliphatic carbocycles. The van der Waals surface area contributed by atoms with E-state index in [-0.39, 0.29) is 0 Å². The Hall–Kier alpha value is 1.50. The summed E-state index contributed by atoms with van der Waals surface area (Å²) in [7, 11) is 0. The molecule has 0 nitrogen and oxygen atoms in total. The van der Waals surface area contributed by atoms with Gasteiger partial charge in [0.25, 0.3) is 0 Å². The van der Waals surface area contributed by atoms with E-state index in [4.69, 9.17) is 22.2 Å². The van der Waals surface area contributed by atoms with Crippen LogP contribution in [0.25, 0.3) is 0 Å². The fourth-order valence-corrected chi connectivity index (χ4v) is 10.2. The lowest BCUT2D eigenvalue weighted by molar-refractivity contribution is 1.54. The van der Waals surface area contributed by atoms with Crippen LogP contribution in [0.15, 0.2) is 0 Å². The summed E-state index contributed by atoms with van der Waals surface area (Å²) in [5.74, 6) is 2.04. The smallest absolute Gasteiger partial charge is 0.143 e. The highest BCUT2D eigenvalue weighted by Crippen LogP contribution is 2.39. The largest absolute Gasteiger partial charge is 0.369 e. The summed E-state index contributed by atoms with van der Waals surface area (Å²) >= 11 is 15.3. The first-order valence-corrected chi connectivity index (χ1v) is 10.2. The molecule has 0 aromatic carbocycles. The van der Waals surface area contributed by atoms with Crippen molar-refractivity contribution in [2.24, 2.45) is 0 Å². The lowest BCUT2D eigenvalue weighted by atomic mass is 11.0. The van der Waals surface area contributed by atoms with Gasteiger partial charge in [-0.25, -0.2) is 0 Å². The first kappa shape index (κ1) is 10.5. The maximum absolute atomic E-state index is 5.97. The van der Waals surface area contributed by atoms with Gasteiger partial charge in [0.15, 0.2) is 0 Å². The van der Waals surface area contributed by atoms with Crippen molar-refractivity contribution in [3.8, 4) is 0 Å². The van der Waals surface area contributed by atoms with E-state index in [9.17, 15) is 0 Å². The summed E-state index contributed by atoms with van der Waals surface area (Å²) in [6, 6.07) is 0. The van der Waals surface area contributed by atoms with E-state index < -0.39 is 4.99 Å². The van der Waals surface area contributed by atoms with Crippen molar-refractivity contribution in [2.75, 3.05) is 11.5 Å². The minimum absolute atomic E-state index is 1.02. The van der Waals surface area contributed by atoms with Crippen molar-refractivity contribution in [3.05, 3.63) is 0 Å². The molecular weight excluding hydrogens is 211 g/mol. The van der Waals surface area contributed by atoms with Gasteiger partial charge in [0.1, 0.15) is 0 Å². The fraction of sp³-hybridized carbons (Fsp3) is 1.00. The molecular formula is C4H10Cl2S2Si. The van der Waals surface area contributed by atoms with Crippen LogP contribution in [0.1, 0.15) is 13.8 Å². The van der Waals surface area contributed by atoms with Gasteiger partial charge in [-0.05, 0) is 11.5 Å². The Bertz CT molecular complexity index is 71.0. The van der Waals surface area contributed by atoms with Crippen molar-refractivity contribution in [1.82, 2.24) is 0 Å². The maximum Gasteiger partial charge on any atom is 0.369 e. The molecule has 0 heterocycles. The molecule has 9 heavy (non-hydrogen) atoms. The summed E-state index contributed by atoms with van der Waals surface area (Å²) in [4.78, 5) is -1.93. The molecule has 0 N–H and O–H groups in total. The minimum Gasteiger partial charge on any atom is -0.143 e. The van der Waals surface area contributed by atoms with Gasteiger partial charge in [-0.3, -0.25) is 0 Å². The Morgan fingerprint density at radius 3 is 1.67 bits per heavy atom. The van der Waals surface area contributed by atoms with Crippen LogP contribution in [0, 0.1) is 0 Å². The minimum atomic E-state index is -1.93. The van der Waals surface area contributed by atoms with Crippen LogP contribution in [0.5, 0.6) is 0 Å². The molecule has 0 bridgehead atoms. The van der Waals surface area contributed by atoms with Gasteiger partial charge in [0, 0.05) is 0 Å². The third kappa shape index (κ3) is 5.92. The van der Waals surface area contributed by atoms with Gasteiger partial charge in [-0.1, -0.05) is 13.8 Å². The number of hydrogen-bond donors (Lipinski definition) is 0. The molecule has 0 aromatic rings. The van der Waals surface area contributed by atoms with Gasteiger partial charge >= 0.3 is 4.99 Å². The van der Waals surface area contributed by atoms with Crippen molar-refractivity contribution >= 4 is 49.6 Å². The third-order valence-electron chi connectivity index (χ3n) is 0.625. The quantitative estimate of drug-likeness (QED) is 0.527. The Labute approximate surface area is 74.8 Å². The predicted octanol–water partition coefficient (Wildman–Crippen LogP) is 3.41. The number of hydrogen-bond acceptors (Lipinski definition) is 2. The van der Waals surface area contributed by atoms with Gasteiger partial charge in [0.05, 0.1) is 0 Å². The highest BCUT2D eigenvalue weighted by Gasteiger charge is 2.28. The second-order valence-corrected chi connectivity index (χ2v) is 16.8. The number of halogens is 2. The molecule has 0 aliphatic heterocycles. The summed E-state index contributed by atoms with van der Waals surface area (Å²) in [5.41, 5.74) is 0. The molecule has 0 rings (SSSR count). The van der Waals surface area contributed by atoms with Crippen molar-refractivity contribution in [3.63, 3.8) is 0 Å². The van der Waals surface area contributed by atoms with E-state index in [1.807, 2.05) is 0 Å².